The summed E-state index contributed by atoms with van der Waals surface area (Å²) in [6.07, 6.45) is 7.15. The highest BCUT2D eigenvalue weighted by molar-refractivity contribution is 6.08. The average Bonchev–Trinajstić information content (AvgIpc) is 3.06. The van der Waals surface area contributed by atoms with E-state index in [0.717, 1.165) is 19.3 Å². The van der Waals surface area contributed by atoms with Gasteiger partial charge < -0.3 is 5.32 Å². The molecule has 2 saturated carbocycles. The zero-order valence-corrected chi connectivity index (χ0v) is 14.6. The van der Waals surface area contributed by atoms with Crippen molar-refractivity contribution >= 4 is 17.7 Å². The van der Waals surface area contributed by atoms with Gasteiger partial charge in [0.15, 0.2) is 0 Å². The normalized spacial score (nSPS) is 32.8. The zero-order chi connectivity index (χ0) is 17.9. The maximum atomic E-state index is 12.6. The molecule has 3 fully saturated rings. The van der Waals surface area contributed by atoms with Crippen LogP contribution in [-0.2, 0) is 19.8 Å². The molecule has 3 aliphatic carbocycles. The largest absolute Gasteiger partial charge is 0.354 e. The third-order valence-electron chi connectivity index (χ3n) is 6.73. The Kier molecular flexibility index (Phi) is 3.36. The van der Waals surface area contributed by atoms with Gasteiger partial charge in [-0.25, -0.2) is 0 Å². The van der Waals surface area contributed by atoms with Gasteiger partial charge in [-0.3, -0.25) is 19.3 Å². The van der Waals surface area contributed by atoms with Crippen molar-refractivity contribution in [2.45, 2.75) is 24.7 Å². The molecule has 5 rings (SSSR count). The van der Waals surface area contributed by atoms with Gasteiger partial charge in [-0.2, -0.15) is 0 Å². The van der Waals surface area contributed by atoms with Crippen molar-refractivity contribution in [3.8, 4) is 0 Å². The van der Waals surface area contributed by atoms with E-state index in [1.165, 1.54) is 10.5 Å². The van der Waals surface area contributed by atoms with E-state index in [9.17, 15) is 14.4 Å². The molecule has 5 nitrogen and oxygen atoms in total. The van der Waals surface area contributed by atoms with Crippen LogP contribution in [0.4, 0.5) is 0 Å². The van der Waals surface area contributed by atoms with Crippen LogP contribution in [0.3, 0.4) is 0 Å². The van der Waals surface area contributed by atoms with E-state index in [1.807, 2.05) is 18.2 Å². The number of imide groups is 1. The topological polar surface area (TPSA) is 66.5 Å². The third-order valence-corrected chi connectivity index (χ3v) is 6.73. The number of allylic oxidation sites excluding steroid dienone is 2. The molecule has 5 heteroatoms. The number of hydrogen-bond donors (Lipinski definition) is 1. The lowest BCUT2D eigenvalue weighted by molar-refractivity contribution is -0.144. The summed E-state index contributed by atoms with van der Waals surface area (Å²) in [4.78, 5) is 38.9. The van der Waals surface area contributed by atoms with Gasteiger partial charge in [0.25, 0.3) is 0 Å². The van der Waals surface area contributed by atoms with Gasteiger partial charge in [-0.05, 0) is 36.7 Å². The first-order chi connectivity index (χ1) is 12.6. The number of likely N-dealkylation sites (tertiary alicyclic amines) is 1. The Morgan fingerprint density at radius 3 is 2.23 bits per heavy atom. The molecule has 26 heavy (non-hydrogen) atoms. The minimum absolute atomic E-state index is 0.0233. The number of nitrogens with one attached hydrogen (secondary N) is 1. The van der Waals surface area contributed by atoms with Crippen molar-refractivity contribution in [1.82, 2.24) is 10.2 Å². The van der Waals surface area contributed by atoms with Crippen LogP contribution in [0.5, 0.6) is 0 Å². The molecule has 4 atom stereocenters. The Hall–Kier alpha value is -2.43. The second-order valence-corrected chi connectivity index (χ2v) is 8.19. The minimum atomic E-state index is -0.241. The third kappa shape index (κ3) is 2.26. The smallest absolute Gasteiger partial charge is 0.240 e. The summed E-state index contributed by atoms with van der Waals surface area (Å²) in [5.74, 6) is -0.653. The van der Waals surface area contributed by atoms with Crippen LogP contribution >= 0.6 is 0 Å². The molecule has 4 aliphatic rings. The highest BCUT2D eigenvalue weighted by Gasteiger charge is 2.59. The maximum Gasteiger partial charge on any atom is 0.240 e. The fourth-order valence-electron chi connectivity index (χ4n) is 5.10. The van der Waals surface area contributed by atoms with Crippen molar-refractivity contribution in [3.63, 3.8) is 0 Å². The van der Waals surface area contributed by atoms with E-state index in [0.29, 0.717) is 6.54 Å². The summed E-state index contributed by atoms with van der Waals surface area (Å²) in [5, 5.41) is 2.95. The highest BCUT2D eigenvalue weighted by Crippen LogP contribution is 2.52. The summed E-state index contributed by atoms with van der Waals surface area (Å²) in [5.41, 5.74) is 1.26. The molecule has 0 spiro atoms. The Balaban J connectivity index is 1.22. The van der Waals surface area contributed by atoms with E-state index in [1.54, 1.807) is 0 Å². The van der Waals surface area contributed by atoms with Gasteiger partial charge in [-0.1, -0.05) is 42.5 Å². The fraction of sp³-hybridized carbons (Fsp3) is 0.476. The van der Waals surface area contributed by atoms with E-state index in [-0.39, 0.29) is 53.4 Å². The number of nitrogens with zero attached hydrogens (tertiary/aromatic N) is 1. The summed E-state index contributed by atoms with van der Waals surface area (Å²) in [6.45, 7) is 0.417. The predicted octanol–water partition coefficient (Wildman–Crippen LogP) is 1.64. The van der Waals surface area contributed by atoms with Gasteiger partial charge in [0.1, 0.15) is 6.54 Å². The van der Waals surface area contributed by atoms with Crippen LogP contribution in [0.25, 0.3) is 0 Å². The first kappa shape index (κ1) is 15.8. The fourth-order valence-corrected chi connectivity index (χ4v) is 5.10. The molecular formula is C21H22N2O3. The molecular weight excluding hydrogens is 328 g/mol. The Labute approximate surface area is 152 Å². The summed E-state index contributed by atoms with van der Waals surface area (Å²) < 4.78 is 0. The number of amides is 3. The van der Waals surface area contributed by atoms with Gasteiger partial charge in [0.2, 0.25) is 17.7 Å². The van der Waals surface area contributed by atoms with E-state index in [2.05, 4.69) is 29.6 Å². The molecule has 0 aromatic heterocycles. The second kappa shape index (κ2) is 5.53. The number of carbonyl (C=O) groups excluding carboxylic acids is 3. The van der Waals surface area contributed by atoms with Crippen molar-refractivity contribution in [1.29, 1.82) is 0 Å². The van der Waals surface area contributed by atoms with Gasteiger partial charge in [-0.15, -0.1) is 0 Å². The van der Waals surface area contributed by atoms with Crippen LogP contribution in [0.15, 0.2) is 42.5 Å². The van der Waals surface area contributed by atoms with E-state index in [4.69, 9.17) is 0 Å². The number of carbonyl (C=O) groups is 3. The SMILES string of the molecule is O=C(CN1C(=O)C2C3C=CC(C3)C2C1=O)NCC1(c2ccccc2)CC1. The summed E-state index contributed by atoms with van der Waals surface area (Å²) >= 11 is 0. The maximum absolute atomic E-state index is 12.6. The van der Waals surface area contributed by atoms with Crippen molar-refractivity contribution in [2.75, 3.05) is 13.1 Å². The average molecular weight is 350 g/mol. The summed E-state index contributed by atoms with van der Waals surface area (Å²) in [7, 11) is 0. The quantitative estimate of drug-likeness (QED) is 0.648. The predicted molar refractivity (Wildman–Crippen MR) is 94.8 cm³/mol. The first-order valence-electron chi connectivity index (χ1n) is 9.45. The number of fused-ring (bicyclic) bond motifs is 5. The van der Waals surface area contributed by atoms with Crippen LogP contribution < -0.4 is 5.32 Å². The molecule has 1 aliphatic heterocycles. The first-order valence-corrected chi connectivity index (χ1v) is 9.45. The van der Waals surface area contributed by atoms with Crippen molar-refractivity contribution < 1.29 is 14.4 Å². The lowest BCUT2D eigenvalue weighted by Crippen LogP contribution is -2.43. The van der Waals surface area contributed by atoms with E-state index < -0.39 is 0 Å². The molecule has 1 heterocycles. The molecule has 1 aromatic carbocycles. The number of benzene rings is 1. The lowest BCUT2D eigenvalue weighted by atomic mass is 9.85. The molecule has 134 valence electrons. The number of rotatable bonds is 5. The zero-order valence-electron chi connectivity index (χ0n) is 14.6. The molecule has 3 amide bonds. The second-order valence-electron chi connectivity index (χ2n) is 8.19. The Morgan fingerprint density at radius 1 is 1.04 bits per heavy atom. The van der Waals surface area contributed by atoms with Crippen LogP contribution in [-0.4, -0.2) is 35.7 Å². The van der Waals surface area contributed by atoms with Crippen LogP contribution in [0.2, 0.25) is 0 Å². The minimum Gasteiger partial charge on any atom is -0.354 e. The van der Waals surface area contributed by atoms with Crippen molar-refractivity contribution in [2.24, 2.45) is 23.7 Å². The van der Waals surface area contributed by atoms with Crippen molar-refractivity contribution in [3.05, 3.63) is 48.0 Å². The Morgan fingerprint density at radius 2 is 1.65 bits per heavy atom. The lowest BCUT2D eigenvalue weighted by Gasteiger charge is -2.19. The summed E-state index contributed by atoms with van der Waals surface area (Å²) in [6, 6.07) is 10.2. The highest BCUT2D eigenvalue weighted by atomic mass is 16.2. The van der Waals surface area contributed by atoms with Crippen LogP contribution in [0, 0.1) is 23.7 Å². The molecule has 2 bridgehead atoms. The van der Waals surface area contributed by atoms with Gasteiger partial charge in [0.05, 0.1) is 11.8 Å². The molecule has 1 saturated heterocycles. The molecule has 1 aromatic rings. The van der Waals surface area contributed by atoms with Gasteiger partial charge in [0, 0.05) is 12.0 Å². The number of hydrogen-bond acceptors (Lipinski definition) is 3. The molecule has 1 N–H and O–H groups in total. The van der Waals surface area contributed by atoms with Gasteiger partial charge >= 0.3 is 0 Å². The standard InChI is InChI=1S/C21H22N2O3/c24-16(22-12-21(8-9-21)15-4-2-1-3-5-15)11-23-19(25)17-13-6-7-14(10-13)18(17)20(23)26/h1-7,13-14,17-18H,8-12H2,(H,22,24). The van der Waals surface area contributed by atoms with E-state index >= 15 is 0 Å². The Bertz CT molecular complexity index is 782. The molecule has 4 unspecified atom stereocenters. The van der Waals surface area contributed by atoms with Crippen LogP contribution in [0.1, 0.15) is 24.8 Å². The monoisotopic (exact) mass is 350 g/mol. The molecule has 0 radical (unpaired) electrons.